The Bertz CT molecular complexity index is 625. The third kappa shape index (κ3) is 4.81. The molecule has 0 saturated carbocycles. The number of carbonyl (C=O) groups is 1. The molecule has 0 aliphatic heterocycles. The molecule has 0 aliphatic carbocycles. The summed E-state index contributed by atoms with van der Waals surface area (Å²) in [5, 5.41) is 12.1. The highest BCUT2D eigenvalue weighted by atomic mass is 16.5. The van der Waals surface area contributed by atoms with Crippen molar-refractivity contribution in [1.82, 2.24) is 0 Å². The van der Waals surface area contributed by atoms with Crippen LogP contribution in [0.4, 0.5) is 5.69 Å². The van der Waals surface area contributed by atoms with Crippen LogP contribution in [0.3, 0.4) is 0 Å². The molecule has 2 aromatic carbocycles. The smallest absolute Gasteiger partial charge is 0.303 e. The van der Waals surface area contributed by atoms with E-state index in [-0.39, 0.29) is 6.42 Å². The molecule has 0 aliphatic rings. The minimum atomic E-state index is -0.774. The zero-order chi connectivity index (χ0) is 15.8. The molecule has 0 saturated heterocycles. The predicted octanol–water partition coefficient (Wildman–Crippen LogP) is 3.71. The number of hydrogen-bond acceptors (Lipinski definition) is 3. The number of aryl methyl sites for hydroxylation is 1. The van der Waals surface area contributed by atoms with Crippen molar-refractivity contribution in [3.05, 3.63) is 59.7 Å². The summed E-state index contributed by atoms with van der Waals surface area (Å²) in [5.74, 6) is 0.114. The molecule has 2 N–H and O–H groups in total. The van der Waals surface area contributed by atoms with Crippen LogP contribution in [0.5, 0.6) is 5.75 Å². The first-order chi connectivity index (χ1) is 10.7. The van der Waals surface area contributed by atoms with E-state index in [9.17, 15) is 4.79 Å². The lowest BCUT2D eigenvalue weighted by Gasteiger charge is -2.12. The molecule has 4 nitrogen and oxygen atoms in total. The van der Waals surface area contributed by atoms with Crippen LogP contribution < -0.4 is 10.1 Å². The second-order valence-corrected chi connectivity index (χ2v) is 4.99. The quantitative estimate of drug-likeness (QED) is 0.780. The van der Waals surface area contributed by atoms with Gasteiger partial charge in [0.05, 0.1) is 6.61 Å². The molecule has 2 aromatic rings. The lowest BCUT2D eigenvalue weighted by atomic mass is 10.1. The minimum absolute atomic E-state index is 0.149. The van der Waals surface area contributed by atoms with E-state index in [0.717, 1.165) is 22.6 Å². The Hall–Kier alpha value is -2.49. The Morgan fingerprint density at radius 3 is 2.77 bits per heavy atom. The Labute approximate surface area is 130 Å². The summed E-state index contributed by atoms with van der Waals surface area (Å²) < 4.78 is 5.61. The Kier molecular flexibility index (Phi) is 5.83. The predicted molar refractivity (Wildman–Crippen MR) is 87.3 cm³/mol. The molecule has 22 heavy (non-hydrogen) atoms. The average Bonchev–Trinajstić information content (AvgIpc) is 2.53. The number of rotatable bonds is 8. The van der Waals surface area contributed by atoms with Crippen molar-refractivity contribution in [2.45, 2.75) is 26.3 Å². The van der Waals surface area contributed by atoms with Gasteiger partial charge in [0, 0.05) is 24.2 Å². The Morgan fingerprint density at radius 2 is 2.00 bits per heavy atom. The molecule has 0 bridgehead atoms. The number of nitrogens with one attached hydrogen (secondary N) is 1. The van der Waals surface area contributed by atoms with Gasteiger partial charge in [0.15, 0.2) is 0 Å². The van der Waals surface area contributed by atoms with Crippen LogP contribution in [-0.2, 0) is 17.8 Å². The molecule has 0 spiro atoms. The number of carboxylic acid groups (broad SMARTS) is 1. The Balaban J connectivity index is 1.99. The lowest BCUT2D eigenvalue weighted by molar-refractivity contribution is -0.136. The maximum atomic E-state index is 10.6. The number of aliphatic carboxylic acids is 1. The van der Waals surface area contributed by atoms with Crippen LogP contribution in [0.15, 0.2) is 48.5 Å². The molecular weight excluding hydrogens is 278 g/mol. The summed E-state index contributed by atoms with van der Waals surface area (Å²) in [7, 11) is 0. The van der Waals surface area contributed by atoms with Gasteiger partial charge in [-0.2, -0.15) is 0 Å². The van der Waals surface area contributed by atoms with E-state index in [2.05, 4.69) is 5.32 Å². The summed E-state index contributed by atoms with van der Waals surface area (Å²) in [6, 6.07) is 15.8. The first-order valence-corrected chi connectivity index (χ1v) is 7.44. The van der Waals surface area contributed by atoms with Gasteiger partial charge in [0.25, 0.3) is 0 Å². The molecule has 0 fully saturated rings. The van der Waals surface area contributed by atoms with Crippen molar-refractivity contribution in [3.8, 4) is 5.75 Å². The monoisotopic (exact) mass is 299 g/mol. The molecule has 4 heteroatoms. The van der Waals surface area contributed by atoms with Gasteiger partial charge in [0.1, 0.15) is 5.75 Å². The van der Waals surface area contributed by atoms with Gasteiger partial charge in [-0.25, -0.2) is 0 Å². The van der Waals surface area contributed by atoms with Crippen LogP contribution >= 0.6 is 0 Å². The van der Waals surface area contributed by atoms with Gasteiger partial charge in [-0.05, 0) is 37.1 Å². The lowest BCUT2D eigenvalue weighted by Crippen LogP contribution is -2.03. The van der Waals surface area contributed by atoms with Gasteiger partial charge in [-0.3, -0.25) is 4.79 Å². The maximum Gasteiger partial charge on any atom is 0.303 e. The standard InChI is InChI=1S/C18H21NO3/c1-2-22-17-9-4-3-7-15(17)13-19-16-8-5-6-14(12-16)10-11-18(20)21/h3-9,12,19H,2,10-11,13H2,1H3,(H,20,21). The van der Waals surface area contributed by atoms with Gasteiger partial charge >= 0.3 is 5.97 Å². The molecule has 0 heterocycles. The highest BCUT2D eigenvalue weighted by Crippen LogP contribution is 2.20. The zero-order valence-electron chi connectivity index (χ0n) is 12.7. The minimum Gasteiger partial charge on any atom is -0.494 e. The highest BCUT2D eigenvalue weighted by molar-refractivity contribution is 5.67. The fourth-order valence-corrected chi connectivity index (χ4v) is 2.23. The zero-order valence-corrected chi connectivity index (χ0v) is 12.7. The van der Waals surface area contributed by atoms with E-state index < -0.39 is 5.97 Å². The summed E-state index contributed by atoms with van der Waals surface area (Å²) in [5.41, 5.74) is 3.10. The van der Waals surface area contributed by atoms with E-state index in [1.54, 1.807) is 0 Å². The number of benzene rings is 2. The summed E-state index contributed by atoms with van der Waals surface area (Å²) in [6.07, 6.45) is 0.691. The van der Waals surface area contributed by atoms with Crippen LogP contribution in [-0.4, -0.2) is 17.7 Å². The topological polar surface area (TPSA) is 58.6 Å². The van der Waals surface area contributed by atoms with Crippen molar-refractivity contribution < 1.29 is 14.6 Å². The van der Waals surface area contributed by atoms with Gasteiger partial charge < -0.3 is 15.2 Å². The molecule has 2 rings (SSSR count). The van der Waals surface area contributed by atoms with E-state index in [4.69, 9.17) is 9.84 Å². The van der Waals surface area contributed by atoms with E-state index in [1.807, 2.05) is 55.5 Å². The van der Waals surface area contributed by atoms with Crippen LogP contribution in [0.25, 0.3) is 0 Å². The largest absolute Gasteiger partial charge is 0.494 e. The molecule has 0 radical (unpaired) electrons. The van der Waals surface area contributed by atoms with Crippen LogP contribution in [0, 0.1) is 0 Å². The molecule has 0 unspecified atom stereocenters. The van der Waals surface area contributed by atoms with Gasteiger partial charge in [-0.15, -0.1) is 0 Å². The van der Waals surface area contributed by atoms with Crippen LogP contribution in [0.1, 0.15) is 24.5 Å². The SMILES string of the molecule is CCOc1ccccc1CNc1cccc(CCC(=O)O)c1. The fourth-order valence-electron chi connectivity index (χ4n) is 2.23. The highest BCUT2D eigenvalue weighted by Gasteiger charge is 2.03. The maximum absolute atomic E-state index is 10.6. The first kappa shape index (κ1) is 15.9. The second kappa shape index (κ2) is 8.08. The normalized spacial score (nSPS) is 10.2. The first-order valence-electron chi connectivity index (χ1n) is 7.44. The second-order valence-electron chi connectivity index (χ2n) is 4.99. The van der Waals surface area contributed by atoms with E-state index >= 15 is 0 Å². The summed E-state index contributed by atoms with van der Waals surface area (Å²) >= 11 is 0. The van der Waals surface area contributed by atoms with Crippen molar-refractivity contribution in [3.63, 3.8) is 0 Å². The van der Waals surface area contributed by atoms with Crippen molar-refractivity contribution in [2.75, 3.05) is 11.9 Å². The molecule has 0 amide bonds. The number of ether oxygens (including phenoxy) is 1. The number of anilines is 1. The average molecular weight is 299 g/mol. The van der Waals surface area contributed by atoms with Crippen molar-refractivity contribution >= 4 is 11.7 Å². The van der Waals surface area contributed by atoms with Gasteiger partial charge in [0.2, 0.25) is 0 Å². The van der Waals surface area contributed by atoms with Gasteiger partial charge in [-0.1, -0.05) is 30.3 Å². The third-order valence-corrected chi connectivity index (χ3v) is 3.31. The number of hydrogen-bond donors (Lipinski definition) is 2. The number of para-hydroxylation sites is 1. The van der Waals surface area contributed by atoms with E-state index in [1.165, 1.54) is 0 Å². The van der Waals surface area contributed by atoms with Crippen LogP contribution in [0.2, 0.25) is 0 Å². The molecular formula is C18H21NO3. The van der Waals surface area contributed by atoms with Crippen molar-refractivity contribution in [1.29, 1.82) is 0 Å². The molecule has 0 atom stereocenters. The fraction of sp³-hybridized carbons (Fsp3) is 0.278. The Morgan fingerprint density at radius 1 is 1.18 bits per heavy atom. The van der Waals surface area contributed by atoms with E-state index in [0.29, 0.717) is 19.6 Å². The summed E-state index contributed by atoms with van der Waals surface area (Å²) in [4.78, 5) is 10.6. The third-order valence-electron chi connectivity index (χ3n) is 3.31. The molecule has 0 aromatic heterocycles. The summed E-state index contributed by atoms with van der Waals surface area (Å²) in [6.45, 7) is 3.27. The van der Waals surface area contributed by atoms with Crippen molar-refractivity contribution in [2.24, 2.45) is 0 Å². The number of carboxylic acids is 1. The molecule has 116 valence electrons.